The van der Waals surface area contributed by atoms with Crippen LogP contribution in [0.3, 0.4) is 0 Å². The summed E-state index contributed by atoms with van der Waals surface area (Å²) >= 11 is 0. The number of pyridine rings is 2. The van der Waals surface area contributed by atoms with Gasteiger partial charge in [0.1, 0.15) is 5.52 Å². The molecule has 20 heavy (non-hydrogen) atoms. The summed E-state index contributed by atoms with van der Waals surface area (Å²) < 4.78 is 5.80. The Bertz CT molecular complexity index is 736. The van der Waals surface area contributed by atoms with Crippen molar-refractivity contribution < 1.29 is 9.84 Å². The van der Waals surface area contributed by atoms with E-state index in [1.807, 2.05) is 30.3 Å². The Hall–Kier alpha value is -2.46. The number of aliphatic hydroxyl groups excluding tert-OH is 1. The van der Waals surface area contributed by atoms with Crippen molar-refractivity contribution in [2.75, 3.05) is 0 Å². The number of hydrogen-bond acceptors (Lipinski definition) is 4. The van der Waals surface area contributed by atoms with Gasteiger partial charge in [-0.3, -0.25) is 4.98 Å². The lowest BCUT2D eigenvalue weighted by molar-refractivity contribution is 0.198. The van der Waals surface area contributed by atoms with Crippen molar-refractivity contribution in [3.8, 4) is 11.6 Å². The molecule has 0 aliphatic carbocycles. The van der Waals surface area contributed by atoms with Gasteiger partial charge >= 0.3 is 0 Å². The van der Waals surface area contributed by atoms with Gasteiger partial charge in [0.2, 0.25) is 5.88 Å². The molecule has 0 amide bonds. The first-order chi connectivity index (χ1) is 9.74. The van der Waals surface area contributed by atoms with Gasteiger partial charge in [-0.2, -0.15) is 0 Å². The second kappa shape index (κ2) is 5.27. The molecule has 0 unspecified atom stereocenters. The number of aliphatic hydroxyl groups is 1. The Morgan fingerprint density at radius 1 is 1.05 bits per heavy atom. The van der Waals surface area contributed by atoms with Gasteiger partial charge in [0.05, 0.1) is 6.10 Å². The first kappa shape index (κ1) is 12.6. The van der Waals surface area contributed by atoms with Crippen molar-refractivity contribution in [1.82, 2.24) is 9.97 Å². The van der Waals surface area contributed by atoms with E-state index in [0.717, 1.165) is 16.5 Å². The van der Waals surface area contributed by atoms with Crippen molar-refractivity contribution in [2.24, 2.45) is 0 Å². The van der Waals surface area contributed by atoms with Gasteiger partial charge in [-0.25, -0.2) is 4.98 Å². The third kappa shape index (κ3) is 2.46. The molecule has 3 rings (SSSR count). The third-order valence-corrected chi connectivity index (χ3v) is 3.05. The number of para-hydroxylation sites is 1. The third-order valence-electron chi connectivity index (χ3n) is 3.05. The Labute approximate surface area is 116 Å². The molecule has 0 bridgehead atoms. The fraction of sp³-hybridized carbons (Fsp3) is 0.125. The van der Waals surface area contributed by atoms with Crippen LogP contribution in [0.5, 0.6) is 11.6 Å². The quantitative estimate of drug-likeness (QED) is 0.788. The maximum atomic E-state index is 9.59. The predicted molar refractivity (Wildman–Crippen MR) is 76.7 cm³/mol. The van der Waals surface area contributed by atoms with Crippen LogP contribution in [0.1, 0.15) is 18.6 Å². The van der Waals surface area contributed by atoms with Crippen molar-refractivity contribution in [2.45, 2.75) is 13.0 Å². The number of aromatic nitrogens is 2. The molecule has 2 aromatic heterocycles. The van der Waals surface area contributed by atoms with Crippen molar-refractivity contribution in [3.63, 3.8) is 0 Å². The monoisotopic (exact) mass is 266 g/mol. The number of hydrogen-bond donors (Lipinski definition) is 1. The molecular formula is C16H14N2O2. The van der Waals surface area contributed by atoms with Crippen LogP contribution in [0.2, 0.25) is 0 Å². The van der Waals surface area contributed by atoms with E-state index in [1.54, 1.807) is 31.5 Å². The summed E-state index contributed by atoms with van der Waals surface area (Å²) in [7, 11) is 0. The van der Waals surface area contributed by atoms with Crippen molar-refractivity contribution in [3.05, 3.63) is 60.4 Å². The molecule has 0 aliphatic rings. The molecule has 0 aliphatic heterocycles. The second-order valence-electron chi connectivity index (χ2n) is 4.54. The SMILES string of the molecule is C[C@@H](O)c1ccnc(Oc2cccc3cccnc23)c1. The summed E-state index contributed by atoms with van der Waals surface area (Å²) in [5.74, 6) is 1.10. The van der Waals surface area contributed by atoms with Gasteiger partial charge in [-0.05, 0) is 30.7 Å². The lowest BCUT2D eigenvalue weighted by Gasteiger charge is -2.09. The highest BCUT2D eigenvalue weighted by molar-refractivity contribution is 5.84. The van der Waals surface area contributed by atoms with Gasteiger partial charge < -0.3 is 9.84 Å². The molecule has 1 atom stereocenters. The van der Waals surface area contributed by atoms with E-state index in [-0.39, 0.29) is 0 Å². The molecule has 1 N–H and O–H groups in total. The topological polar surface area (TPSA) is 55.2 Å². The molecule has 3 aromatic rings. The summed E-state index contributed by atoms with van der Waals surface area (Å²) in [6.45, 7) is 1.71. The van der Waals surface area contributed by atoms with E-state index in [4.69, 9.17) is 4.74 Å². The number of nitrogens with zero attached hydrogens (tertiary/aromatic N) is 2. The van der Waals surface area contributed by atoms with E-state index in [2.05, 4.69) is 9.97 Å². The largest absolute Gasteiger partial charge is 0.437 e. The van der Waals surface area contributed by atoms with Crippen molar-refractivity contribution >= 4 is 10.9 Å². The molecular weight excluding hydrogens is 252 g/mol. The minimum Gasteiger partial charge on any atom is -0.437 e. The van der Waals surface area contributed by atoms with Crippen LogP contribution in [-0.4, -0.2) is 15.1 Å². The minimum absolute atomic E-state index is 0.446. The number of benzene rings is 1. The molecule has 2 heterocycles. The molecule has 0 spiro atoms. The molecule has 0 saturated carbocycles. The summed E-state index contributed by atoms with van der Waals surface area (Å²) in [5.41, 5.74) is 1.56. The van der Waals surface area contributed by atoms with E-state index in [9.17, 15) is 5.11 Å². The standard InChI is InChI=1S/C16H14N2O2/c1-11(19)13-7-9-17-15(10-13)20-14-6-2-4-12-5-3-8-18-16(12)14/h2-11,19H,1H3/t11-/m1/s1. The van der Waals surface area contributed by atoms with Gasteiger partial charge in [0, 0.05) is 23.8 Å². The summed E-state index contributed by atoms with van der Waals surface area (Å²) in [5, 5.41) is 10.6. The minimum atomic E-state index is -0.550. The van der Waals surface area contributed by atoms with Crippen LogP contribution < -0.4 is 4.74 Å². The second-order valence-corrected chi connectivity index (χ2v) is 4.54. The normalized spacial score (nSPS) is 12.3. The van der Waals surface area contributed by atoms with E-state index >= 15 is 0 Å². The van der Waals surface area contributed by atoms with Gasteiger partial charge in [-0.1, -0.05) is 18.2 Å². The molecule has 0 saturated heterocycles. The van der Waals surface area contributed by atoms with Crippen LogP contribution in [0, 0.1) is 0 Å². The average Bonchev–Trinajstić information content (AvgIpc) is 2.48. The smallest absolute Gasteiger partial charge is 0.219 e. The zero-order valence-electron chi connectivity index (χ0n) is 11.0. The Balaban J connectivity index is 1.99. The van der Waals surface area contributed by atoms with Gasteiger partial charge in [0.25, 0.3) is 0 Å². The predicted octanol–water partition coefficient (Wildman–Crippen LogP) is 3.48. The molecule has 4 heteroatoms. The first-order valence-corrected chi connectivity index (χ1v) is 6.39. The fourth-order valence-corrected chi connectivity index (χ4v) is 2.01. The summed E-state index contributed by atoms with van der Waals surface area (Å²) in [4.78, 5) is 8.50. The molecule has 1 aromatic carbocycles. The molecule has 0 radical (unpaired) electrons. The number of ether oxygens (including phenoxy) is 1. The van der Waals surface area contributed by atoms with E-state index < -0.39 is 6.10 Å². The highest BCUT2D eigenvalue weighted by Gasteiger charge is 2.07. The number of fused-ring (bicyclic) bond motifs is 1. The van der Waals surface area contributed by atoms with Crippen LogP contribution in [-0.2, 0) is 0 Å². The lowest BCUT2D eigenvalue weighted by Crippen LogP contribution is -1.95. The van der Waals surface area contributed by atoms with Crippen LogP contribution in [0.15, 0.2) is 54.9 Å². The highest BCUT2D eigenvalue weighted by Crippen LogP contribution is 2.28. The molecule has 4 nitrogen and oxygen atoms in total. The van der Waals surface area contributed by atoms with Crippen LogP contribution in [0.4, 0.5) is 0 Å². The molecule has 100 valence electrons. The van der Waals surface area contributed by atoms with Gasteiger partial charge in [0.15, 0.2) is 5.75 Å². The van der Waals surface area contributed by atoms with Crippen LogP contribution >= 0.6 is 0 Å². The van der Waals surface area contributed by atoms with Gasteiger partial charge in [-0.15, -0.1) is 0 Å². The Kier molecular flexibility index (Phi) is 3.31. The Morgan fingerprint density at radius 3 is 2.75 bits per heavy atom. The maximum Gasteiger partial charge on any atom is 0.219 e. The summed E-state index contributed by atoms with van der Waals surface area (Å²) in [6, 6.07) is 13.1. The fourth-order valence-electron chi connectivity index (χ4n) is 2.01. The Morgan fingerprint density at radius 2 is 1.90 bits per heavy atom. The maximum absolute atomic E-state index is 9.59. The first-order valence-electron chi connectivity index (χ1n) is 6.39. The van der Waals surface area contributed by atoms with E-state index in [1.165, 1.54) is 0 Å². The van der Waals surface area contributed by atoms with Crippen LogP contribution in [0.25, 0.3) is 10.9 Å². The summed E-state index contributed by atoms with van der Waals surface area (Å²) in [6.07, 6.45) is 2.80. The van der Waals surface area contributed by atoms with E-state index in [0.29, 0.717) is 11.6 Å². The molecule has 0 fully saturated rings. The van der Waals surface area contributed by atoms with Crippen molar-refractivity contribution in [1.29, 1.82) is 0 Å². The average molecular weight is 266 g/mol. The lowest BCUT2D eigenvalue weighted by atomic mass is 10.2. The zero-order valence-corrected chi connectivity index (χ0v) is 11.0. The zero-order chi connectivity index (χ0) is 13.9. The highest BCUT2D eigenvalue weighted by atomic mass is 16.5. The number of rotatable bonds is 3.